The van der Waals surface area contributed by atoms with E-state index in [-0.39, 0.29) is 5.82 Å². The summed E-state index contributed by atoms with van der Waals surface area (Å²) >= 11 is 0. The Bertz CT molecular complexity index is 587. The SMILES string of the molecule is Nc1nccnc1-c1ccc(C(=O)O)c(F)c1. The highest BCUT2D eigenvalue weighted by atomic mass is 19.1. The zero-order valence-corrected chi connectivity index (χ0v) is 8.59. The van der Waals surface area contributed by atoms with Gasteiger partial charge >= 0.3 is 5.97 Å². The Kier molecular flexibility index (Phi) is 2.70. The van der Waals surface area contributed by atoms with E-state index in [0.29, 0.717) is 11.3 Å². The highest BCUT2D eigenvalue weighted by Gasteiger charge is 2.12. The Balaban J connectivity index is 2.52. The van der Waals surface area contributed by atoms with E-state index >= 15 is 0 Å². The molecule has 0 fully saturated rings. The second-order valence-electron chi connectivity index (χ2n) is 3.29. The summed E-state index contributed by atoms with van der Waals surface area (Å²) in [6.07, 6.45) is 2.84. The quantitative estimate of drug-likeness (QED) is 0.821. The van der Waals surface area contributed by atoms with E-state index in [4.69, 9.17) is 10.8 Å². The molecule has 5 nitrogen and oxygen atoms in total. The Labute approximate surface area is 95.8 Å². The third kappa shape index (κ3) is 2.05. The third-order valence-electron chi connectivity index (χ3n) is 2.20. The number of carboxylic acids is 1. The summed E-state index contributed by atoms with van der Waals surface area (Å²) in [5, 5.41) is 8.69. The summed E-state index contributed by atoms with van der Waals surface area (Å²) in [5.74, 6) is -1.99. The second kappa shape index (κ2) is 4.17. The van der Waals surface area contributed by atoms with Gasteiger partial charge in [0.15, 0.2) is 0 Å². The zero-order chi connectivity index (χ0) is 12.4. The maximum Gasteiger partial charge on any atom is 0.338 e. The lowest BCUT2D eigenvalue weighted by Gasteiger charge is -2.04. The van der Waals surface area contributed by atoms with Gasteiger partial charge in [0, 0.05) is 18.0 Å². The van der Waals surface area contributed by atoms with Crippen LogP contribution in [0.2, 0.25) is 0 Å². The largest absolute Gasteiger partial charge is 0.478 e. The number of nitrogen functional groups attached to an aromatic ring is 1. The third-order valence-corrected chi connectivity index (χ3v) is 2.20. The molecule has 0 radical (unpaired) electrons. The van der Waals surface area contributed by atoms with Gasteiger partial charge in [0.05, 0.1) is 5.56 Å². The molecule has 2 rings (SSSR count). The Morgan fingerprint density at radius 1 is 1.29 bits per heavy atom. The van der Waals surface area contributed by atoms with Crippen LogP contribution in [0.3, 0.4) is 0 Å². The number of benzene rings is 1. The van der Waals surface area contributed by atoms with Gasteiger partial charge in [-0.3, -0.25) is 4.98 Å². The molecule has 6 heteroatoms. The maximum atomic E-state index is 13.4. The molecule has 3 N–H and O–H groups in total. The van der Waals surface area contributed by atoms with Gasteiger partial charge in [-0.25, -0.2) is 14.2 Å². The van der Waals surface area contributed by atoms with Crippen LogP contribution in [0.25, 0.3) is 11.3 Å². The van der Waals surface area contributed by atoms with Gasteiger partial charge in [-0.15, -0.1) is 0 Å². The van der Waals surface area contributed by atoms with Gasteiger partial charge in [-0.05, 0) is 12.1 Å². The molecule has 0 spiro atoms. The van der Waals surface area contributed by atoms with E-state index in [9.17, 15) is 9.18 Å². The fraction of sp³-hybridized carbons (Fsp3) is 0. The molecule has 0 aliphatic rings. The Hall–Kier alpha value is -2.50. The summed E-state index contributed by atoms with van der Waals surface area (Å²) in [5.41, 5.74) is 5.91. The average molecular weight is 233 g/mol. The summed E-state index contributed by atoms with van der Waals surface area (Å²) in [7, 11) is 0. The zero-order valence-electron chi connectivity index (χ0n) is 8.59. The molecule has 1 heterocycles. The van der Waals surface area contributed by atoms with E-state index in [1.807, 2.05) is 0 Å². The molecule has 86 valence electrons. The molecule has 0 aliphatic heterocycles. The van der Waals surface area contributed by atoms with Crippen molar-refractivity contribution in [2.75, 3.05) is 5.73 Å². The first-order chi connectivity index (χ1) is 8.09. The summed E-state index contributed by atoms with van der Waals surface area (Å²) in [6, 6.07) is 3.68. The summed E-state index contributed by atoms with van der Waals surface area (Å²) in [4.78, 5) is 18.4. The normalized spacial score (nSPS) is 10.2. The number of carboxylic acid groups (broad SMARTS) is 1. The van der Waals surface area contributed by atoms with Crippen LogP contribution in [0.4, 0.5) is 10.2 Å². The molecule has 1 aromatic heterocycles. The van der Waals surface area contributed by atoms with Crippen LogP contribution in [0.1, 0.15) is 10.4 Å². The van der Waals surface area contributed by atoms with Crippen LogP contribution in [0, 0.1) is 5.82 Å². The molecule has 0 amide bonds. The Morgan fingerprint density at radius 3 is 2.59 bits per heavy atom. The van der Waals surface area contributed by atoms with Gasteiger partial charge in [0.1, 0.15) is 17.3 Å². The average Bonchev–Trinajstić information content (AvgIpc) is 2.29. The highest BCUT2D eigenvalue weighted by molar-refractivity contribution is 5.88. The molecule has 0 bridgehead atoms. The van der Waals surface area contributed by atoms with E-state index in [2.05, 4.69) is 9.97 Å². The number of hydrogen-bond acceptors (Lipinski definition) is 4. The number of carbonyl (C=O) groups is 1. The van der Waals surface area contributed by atoms with E-state index in [1.165, 1.54) is 24.5 Å². The molecule has 0 atom stereocenters. The molecule has 0 saturated carbocycles. The minimum atomic E-state index is -1.32. The van der Waals surface area contributed by atoms with Crippen molar-refractivity contribution < 1.29 is 14.3 Å². The molecule has 17 heavy (non-hydrogen) atoms. The fourth-order valence-corrected chi connectivity index (χ4v) is 1.41. The van der Waals surface area contributed by atoms with Gasteiger partial charge in [-0.2, -0.15) is 0 Å². The van der Waals surface area contributed by atoms with Crippen molar-refractivity contribution in [2.45, 2.75) is 0 Å². The van der Waals surface area contributed by atoms with Crippen molar-refractivity contribution >= 4 is 11.8 Å². The predicted molar refractivity (Wildman–Crippen MR) is 58.8 cm³/mol. The lowest BCUT2D eigenvalue weighted by Crippen LogP contribution is -2.01. The molecule has 0 unspecified atom stereocenters. The molecule has 0 saturated heterocycles. The number of nitrogens with zero attached hydrogens (tertiary/aromatic N) is 2. The van der Waals surface area contributed by atoms with Crippen molar-refractivity contribution in [1.29, 1.82) is 0 Å². The van der Waals surface area contributed by atoms with Crippen molar-refractivity contribution in [3.05, 3.63) is 42.0 Å². The minimum Gasteiger partial charge on any atom is -0.478 e. The van der Waals surface area contributed by atoms with Crippen LogP contribution < -0.4 is 5.73 Å². The molecule has 0 aliphatic carbocycles. The second-order valence-corrected chi connectivity index (χ2v) is 3.29. The molecular formula is C11H8FN3O2. The summed E-state index contributed by atoms with van der Waals surface area (Å²) in [6.45, 7) is 0. The maximum absolute atomic E-state index is 13.4. The topological polar surface area (TPSA) is 89.1 Å². The van der Waals surface area contributed by atoms with Crippen LogP contribution in [0.5, 0.6) is 0 Å². The minimum absolute atomic E-state index is 0.162. The predicted octanol–water partition coefficient (Wildman–Crippen LogP) is 1.56. The van der Waals surface area contributed by atoms with E-state index in [1.54, 1.807) is 0 Å². The van der Waals surface area contributed by atoms with E-state index < -0.39 is 17.3 Å². The highest BCUT2D eigenvalue weighted by Crippen LogP contribution is 2.23. The molecular weight excluding hydrogens is 225 g/mol. The number of nitrogens with two attached hydrogens (primary N) is 1. The number of aromatic carboxylic acids is 1. The van der Waals surface area contributed by atoms with Crippen molar-refractivity contribution in [3.63, 3.8) is 0 Å². The Morgan fingerprint density at radius 2 is 2.00 bits per heavy atom. The standard InChI is InChI=1S/C11H8FN3O2/c12-8-5-6(1-2-7(8)11(16)17)9-10(13)15-4-3-14-9/h1-5H,(H2,13,15)(H,16,17). The van der Waals surface area contributed by atoms with Crippen LogP contribution in [-0.2, 0) is 0 Å². The molecule has 1 aromatic carbocycles. The van der Waals surface area contributed by atoms with E-state index in [0.717, 1.165) is 6.07 Å². The van der Waals surface area contributed by atoms with Crippen LogP contribution in [-0.4, -0.2) is 21.0 Å². The first-order valence-electron chi connectivity index (χ1n) is 4.69. The molecule has 2 aromatic rings. The van der Waals surface area contributed by atoms with Gasteiger partial charge in [0.2, 0.25) is 0 Å². The summed E-state index contributed by atoms with van der Waals surface area (Å²) < 4.78 is 13.4. The van der Waals surface area contributed by atoms with Crippen molar-refractivity contribution in [1.82, 2.24) is 9.97 Å². The number of aromatic nitrogens is 2. The monoisotopic (exact) mass is 233 g/mol. The van der Waals surface area contributed by atoms with Gasteiger partial charge in [-0.1, -0.05) is 6.07 Å². The van der Waals surface area contributed by atoms with Crippen LogP contribution >= 0.6 is 0 Å². The first kappa shape index (κ1) is 11.0. The first-order valence-corrected chi connectivity index (χ1v) is 4.69. The number of anilines is 1. The number of rotatable bonds is 2. The fourth-order valence-electron chi connectivity index (χ4n) is 1.41. The lowest BCUT2D eigenvalue weighted by molar-refractivity contribution is 0.0692. The van der Waals surface area contributed by atoms with Crippen LogP contribution in [0.15, 0.2) is 30.6 Å². The van der Waals surface area contributed by atoms with Crippen molar-refractivity contribution in [2.24, 2.45) is 0 Å². The van der Waals surface area contributed by atoms with Gasteiger partial charge < -0.3 is 10.8 Å². The number of hydrogen-bond donors (Lipinski definition) is 2. The van der Waals surface area contributed by atoms with Crippen molar-refractivity contribution in [3.8, 4) is 11.3 Å². The van der Waals surface area contributed by atoms with Gasteiger partial charge in [0.25, 0.3) is 0 Å². The number of halogens is 1. The smallest absolute Gasteiger partial charge is 0.338 e. The lowest BCUT2D eigenvalue weighted by atomic mass is 10.1.